The molecule has 1 aromatic rings. The van der Waals surface area contributed by atoms with Gasteiger partial charge in [0.1, 0.15) is 5.75 Å². The molecule has 0 heterocycles. The zero-order valence-electron chi connectivity index (χ0n) is 10.00. The Kier molecular flexibility index (Phi) is 5.44. The molecule has 0 fully saturated rings. The van der Waals surface area contributed by atoms with Crippen molar-refractivity contribution in [3.63, 3.8) is 0 Å². The number of carbonyl (C=O) groups is 1. The van der Waals surface area contributed by atoms with Gasteiger partial charge in [0.15, 0.2) is 6.61 Å². The lowest BCUT2D eigenvalue weighted by Gasteiger charge is -2.14. The Morgan fingerprint density at radius 1 is 1.59 bits per heavy atom. The summed E-state index contributed by atoms with van der Waals surface area (Å²) in [5.74, 6) is 0.514. The van der Waals surface area contributed by atoms with Crippen LogP contribution in [0.2, 0.25) is 0 Å². The smallest absolute Gasteiger partial charge is 0.257 e. The number of hydrogen-bond acceptors (Lipinski definition) is 3. The second-order valence-electron chi connectivity index (χ2n) is 3.71. The Balaban J connectivity index is 2.73. The summed E-state index contributed by atoms with van der Waals surface area (Å²) in [7, 11) is 0. The molecular formula is C12H17BrN2O2. The van der Waals surface area contributed by atoms with Gasteiger partial charge in [0.2, 0.25) is 0 Å². The largest absolute Gasteiger partial charge is 0.483 e. The predicted molar refractivity (Wildman–Crippen MR) is 70.9 cm³/mol. The number of amides is 1. The van der Waals surface area contributed by atoms with Gasteiger partial charge in [0.25, 0.3) is 5.91 Å². The van der Waals surface area contributed by atoms with Gasteiger partial charge in [0, 0.05) is 22.6 Å². The number of halogens is 1. The molecular weight excluding hydrogens is 284 g/mol. The summed E-state index contributed by atoms with van der Waals surface area (Å²) in [4.78, 5) is 11.3. The Morgan fingerprint density at radius 3 is 2.88 bits per heavy atom. The second-order valence-corrected chi connectivity index (χ2v) is 4.63. The van der Waals surface area contributed by atoms with E-state index in [0.29, 0.717) is 12.3 Å². The molecule has 1 aromatic carbocycles. The highest BCUT2D eigenvalue weighted by Crippen LogP contribution is 2.27. The lowest BCUT2D eigenvalue weighted by atomic mass is 10.1. The van der Waals surface area contributed by atoms with Crippen molar-refractivity contribution >= 4 is 21.8 Å². The van der Waals surface area contributed by atoms with Crippen molar-refractivity contribution in [1.29, 1.82) is 0 Å². The minimum atomic E-state index is -0.142. The molecule has 0 saturated heterocycles. The van der Waals surface area contributed by atoms with E-state index in [2.05, 4.69) is 21.2 Å². The molecule has 0 spiro atoms. The van der Waals surface area contributed by atoms with Crippen molar-refractivity contribution in [3.8, 4) is 5.75 Å². The quantitative estimate of drug-likeness (QED) is 0.874. The van der Waals surface area contributed by atoms with Gasteiger partial charge in [-0.1, -0.05) is 15.9 Å². The molecule has 94 valence electrons. The van der Waals surface area contributed by atoms with Crippen LogP contribution in [0.5, 0.6) is 5.75 Å². The van der Waals surface area contributed by atoms with Gasteiger partial charge in [-0.05, 0) is 32.0 Å². The molecule has 0 radical (unpaired) electrons. The van der Waals surface area contributed by atoms with Crippen molar-refractivity contribution in [3.05, 3.63) is 28.2 Å². The highest BCUT2D eigenvalue weighted by Gasteiger charge is 2.10. The van der Waals surface area contributed by atoms with Crippen molar-refractivity contribution in [2.24, 2.45) is 5.73 Å². The maximum absolute atomic E-state index is 11.3. The fourth-order valence-corrected chi connectivity index (χ4v) is 1.78. The Morgan fingerprint density at radius 2 is 2.29 bits per heavy atom. The Labute approximate surface area is 110 Å². The first-order valence-electron chi connectivity index (χ1n) is 5.49. The molecule has 0 aliphatic heterocycles. The van der Waals surface area contributed by atoms with E-state index in [1.54, 1.807) is 0 Å². The molecule has 17 heavy (non-hydrogen) atoms. The molecule has 3 N–H and O–H groups in total. The van der Waals surface area contributed by atoms with Gasteiger partial charge < -0.3 is 15.8 Å². The van der Waals surface area contributed by atoms with Crippen LogP contribution in [0.15, 0.2) is 22.7 Å². The van der Waals surface area contributed by atoms with Crippen LogP contribution in [0, 0.1) is 0 Å². The van der Waals surface area contributed by atoms with Gasteiger partial charge in [0.05, 0.1) is 0 Å². The molecule has 1 atom stereocenters. The minimum absolute atomic E-state index is 0.00912. The molecule has 5 heteroatoms. The van der Waals surface area contributed by atoms with Crippen molar-refractivity contribution in [1.82, 2.24) is 5.32 Å². The number of carbonyl (C=O) groups excluding carboxylic acids is 1. The number of ether oxygens (including phenoxy) is 1. The average molecular weight is 301 g/mol. The first kappa shape index (κ1) is 14.0. The van der Waals surface area contributed by atoms with Crippen molar-refractivity contribution in [2.45, 2.75) is 19.9 Å². The zero-order chi connectivity index (χ0) is 12.8. The van der Waals surface area contributed by atoms with Crippen LogP contribution in [0.1, 0.15) is 25.5 Å². The van der Waals surface area contributed by atoms with Gasteiger partial charge in [-0.3, -0.25) is 4.79 Å². The van der Waals surface area contributed by atoms with E-state index in [9.17, 15) is 4.79 Å². The van der Waals surface area contributed by atoms with Gasteiger partial charge >= 0.3 is 0 Å². The van der Waals surface area contributed by atoms with E-state index >= 15 is 0 Å². The molecule has 0 unspecified atom stereocenters. The Hall–Kier alpha value is -1.07. The van der Waals surface area contributed by atoms with Gasteiger partial charge in [-0.15, -0.1) is 0 Å². The normalized spacial score (nSPS) is 12.0. The zero-order valence-corrected chi connectivity index (χ0v) is 11.6. The molecule has 4 nitrogen and oxygen atoms in total. The molecule has 1 rings (SSSR count). The van der Waals surface area contributed by atoms with E-state index in [-0.39, 0.29) is 18.6 Å². The summed E-state index contributed by atoms with van der Waals surface area (Å²) < 4.78 is 6.39. The van der Waals surface area contributed by atoms with Crippen LogP contribution in [0.25, 0.3) is 0 Å². The number of hydrogen-bond donors (Lipinski definition) is 2. The van der Waals surface area contributed by atoms with Crippen LogP contribution < -0.4 is 15.8 Å². The Bertz CT molecular complexity index is 394. The van der Waals surface area contributed by atoms with Crippen LogP contribution in [-0.4, -0.2) is 19.1 Å². The number of nitrogens with one attached hydrogen (secondary N) is 1. The van der Waals surface area contributed by atoms with Crippen LogP contribution in [-0.2, 0) is 4.79 Å². The molecule has 0 aromatic heterocycles. The first-order valence-corrected chi connectivity index (χ1v) is 6.28. The lowest BCUT2D eigenvalue weighted by Crippen LogP contribution is -2.28. The summed E-state index contributed by atoms with van der Waals surface area (Å²) in [5, 5.41) is 2.67. The van der Waals surface area contributed by atoms with Gasteiger partial charge in [-0.2, -0.15) is 0 Å². The maximum atomic E-state index is 11.3. The first-order chi connectivity index (χ1) is 8.04. The fraction of sp³-hybridized carbons (Fsp3) is 0.417. The lowest BCUT2D eigenvalue weighted by molar-refractivity contribution is -0.123. The van der Waals surface area contributed by atoms with Crippen molar-refractivity contribution < 1.29 is 9.53 Å². The summed E-state index contributed by atoms with van der Waals surface area (Å²) in [6.07, 6.45) is 0. The van der Waals surface area contributed by atoms with Crippen molar-refractivity contribution in [2.75, 3.05) is 13.2 Å². The van der Waals surface area contributed by atoms with E-state index in [1.807, 2.05) is 32.0 Å². The summed E-state index contributed by atoms with van der Waals surface area (Å²) >= 11 is 3.38. The maximum Gasteiger partial charge on any atom is 0.257 e. The average Bonchev–Trinajstić information content (AvgIpc) is 2.27. The molecule has 0 aliphatic rings. The van der Waals surface area contributed by atoms with E-state index in [4.69, 9.17) is 10.5 Å². The summed E-state index contributed by atoms with van der Waals surface area (Å²) in [6.45, 7) is 4.35. The molecule has 0 aliphatic carbocycles. The molecule has 0 saturated carbocycles. The summed E-state index contributed by atoms with van der Waals surface area (Å²) in [6, 6.07) is 5.43. The second kappa shape index (κ2) is 6.61. The third kappa shape index (κ3) is 4.36. The SMILES string of the molecule is CCNC(=O)COc1ccc(Br)cc1[C@@H](C)N. The summed E-state index contributed by atoms with van der Waals surface area (Å²) in [5.41, 5.74) is 6.73. The highest BCUT2D eigenvalue weighted by atomic mass is 79.9. The number of benzene rings is 1. The van der Waals surface area contributed by atoms with E-state index in [1.165, 1.54) is 0 Å². The van der Waals surface area contributed by atoms with E-state index < -0.39 is 0 Å². The fourth-order valence-electron chi connectivity index (χ4n) is 1.40. The van der Waals surface area contributed by atoms with E-state index in [0.717, 1.165) is 10.0 Å². The van der Waals surface area contributed by atoms with Crippen LogP contribution >= 0.6 is 15.9 Å². The molecule has 1 amide bonds. The highest BCUT2D eigenvalue weighted by molar-refractivity contribution is 9.10. The van der Waals surface area contributed by atoms with Crippen LogP contribution in [0.4, 0.5) is 0 Å². The number of rotatable bonds is 5. The third-order valence-electron chi connectivity index (χ3n) is 2.20. The number of nitrogens with two attached hydrogens (primary N) is 1. The minimum Gasteiger partial charge on any atom is -0.483 e. The predicted octanol–water partition coefficient (Wildman–Crippen LogP) is 1.98. The number of likely N-dealkylation sites (N-methyl/N-ethyl adjacent to an activating group) is 1. The third-order valence-corrected chi connectivity index (χ3v) is 2.69. The standard InChI is InChI=1S/C12H17BrN2O2/c1-3-15-12(16)7-17-11-5-4-9(13)6-10(11)8(2)14/h4-6,8H,3,7,14H2,1-2H3,(H,15,16)/t8-/m1/s1. The topological polar surface area (TPSA) is 64.3 Å². The van der Waals surface area contributed by atoms with Gasteiger partial charge in [-0.25, -0.2) is 0 Å². The monoisotopic (exact) mass is 300 g/mol. The molecule has 0 bridgehead atoms. The van der Waals surface area contributed by atoms with Crippen LogP contribution in [0.3, 0.4) is 0 Å².